The van der Waals surface area contributed by atoms with E-state index in [1.54, 1.807) is 12.4 Å². The van der Waals surface area contributed by atoms with Crippen molar-refractivity contribution < 1.29 is 0 Å². The molecule has 2 N–H and O–H groups in total. The Balaban J connectivity index is 0.000000151. The summed E-state index contributed by atoms with van der Waals surface area (Å²) in [6.07, 6.45) is 3.53. The summed E-state index contributed by atoms with van der Waals surface area (Å²) in [7, 11) is 0. The number of aromatic nitrogens is 6. The van der Waals surface area contributed by atoms with Crippen molar-refractivity contribution >= 4 is 0 Å². The molecule has 4 aromatic rings. The van der Waals surface area contributed by atoms with Gasteiger partial charge in [-0.1, -0.05) is 12.1 Å². The molecule has 0 atom stereocenters. The first kappa shape index (κ1) is 17.5. The Morgan fingerprint density at radius 1 is 0.615 bits per heavy atom. The van der Waals surface area contributed by atoms with Crippen LogP contribution in [-0.2, 0) is 0 Å². The first-order valence-corrected chi connectivity index (χ1v) is 8.44. The van der Waals surface area contributed by atoms with Crippen LogP contribution in [0.3, 0.4) is 0 Å². The van der Waals surface area contributed by atoms with Gasteiger partial charge in [-0.05, 0) is 52.0 Å². The lowest BCUT2D eigenvalue weighted by molar-refractivity contribution is 1.20. The van der Waals surface area contributed by atoms with Crippen LogP contribution in [0.5, 0.6) is 0 Å². The minimum Gasteiger partial charge on any atom is -0.341 e. The highest BCUT2D eigenvalue weighted by Crippen LogP contribution is 2.14. The van der Waals surface area contributed by atoms with E-state index < -0.39 is 0 Å². The van der Waals surface area contributed by atoms with Crippen LogP contribution in [0, 0.1) is 27.7 Å². The van der Waals surface area contributed by atoms with Gasteiger partial charge in [0.25, 0.3) is 0 Å². The monoisotopic (exact) mass is 346 g/mol. The molecule has 0 fully saturated rings. The van der Waals surface area contributed by atoms with Gasteiger partial charge in [0.15, 0.2) is 11.6 Å². The molecule has 0 saturated heterocycles. The number of nitrogens with zero attached hydrogens (tertiary/aromatic N) is 4. The summed E-state index contributed by atoms with van der Waals surface area (Å²) in [4.78, 5) is 23.5. The van der Waals surface area contributed by atoms with Gasteiger partial charge in [0, 0.05) is 23.8 Å². The molecule has 0 unspecified atom stereocenters. The van der Waals surface area contributed by atoms with Crippen molar-refractivity contribution in [3.63, 3.8) is 0 Å². The number of hydrogen-bond acceptors (Lipinski definition) is 4. The molecule has 6 nitrogen and oxygen atoms in total. The smallest absolute Gasteiger partial charge is 0.156 e. The summed E-state index contributed by atoms with van der Waals surface area (Å²) in [5.41, 5.74) is 6.03. The van der Waals surface area contributed by atoms with E-state index in [0.29, 0.717) is 0 Å². The third-order valence-electron chi connectivity index (χ3n) is 4.07. The summed E-state index contributed by atoms with van der Waals surface area (Å²) in [6.45, 7) is 7.99. The van der Waals surface area contributed by atoms with Crippen LogP contribution >= 0.6 is 0 Å². The molecule has 0 bridgehead atoms. The Labute approximate surface area is 152 Å². The summed E-state index contributed by atoms with van der Waals surface area (Å²) >= 11 is 0. The first-order valence-electron chi connectivity index (χ1n) is 8.44. The summed E-state index contributed by atoms with van der Waals surface area (Å²) in [6, 6.07) is 11.6. The number of imidazole rings is 2. The van der Waals surface area contributed by atoms with Crippen molar-refractivity contribution in [3.8, 4) is 23.0 Å². The second kappa shape index (κ2) is 7.74. The van der Waals surface area contributed by atoms with Gasteiger partial charge in [-0.2, -0.15) is 0 Å². The van der Waals surface area contributed by atoms with Gasteiger partial charge >= 0.3 is 0 Å². The van der Waals surface area contributed by atoms with Crippen molar-refractivity contribution in [1.29, 1.82) is 0 Å². The van der Waals surface area contributed by atoms with E-state index in [0.717, 1.165) is 45.8 Å². The van der Waals surface area contributed by atoms with Crippen molar-refractivity contribution in [2.45, 2.75) is 27.7 Å². The highest BCUT2D eigenvalue weighted by molar-refractivity contribution is 5.50. The van der Waals surface area contributed by atoms with E-state index in [1.807, 2.05) is 64.1 Å². The van der Waals surface area contributed by atoms with Crippen LogP contribution in [0.1, 0.15) is 22.8 Å². The Bertz CT molecular complexity index is 849. The molecule has 0 amide bonds. The molecule has 4 heterocycles. The fourth-order valence-corrected chi connectivity index (χ4v) is 2.34. The Kier molecular flexibility index (Phi) is 5.22. The maximum Gasteiger partial charge on any atom is 0.156 e. The molecule has 4 rings (SSSR count). The number of nitrogens with one attached hydrogen (secondary N) is 2. The molecular formula is C20H22N6. The van der Waals surface area contributed by atoms with E-state index in [4.69, 9.17) is 0 Å². The van der Waals surface area contributed by atoms with Gasteiger partial charge in [0.1, 0.15) is 11.4 Å². The largest absolute Gasteiger partial charge is 0.341 e. The number of rotatable bonds is 2. The maximum atomic E-state index is 4.36. The minimum atomic E-state index is 0.843. The van der Waals surface area contributed by atoms with E-state index in [1.165, 1.54) is 0 Å². The quantitative estimate of drug-likeness (QED) is 0.570. The van der Waals surface area contributed by atoms with Crippen molar-refractivity contribution in [2.24, 2.45) is 0 Å². The second-order valence-electron chi connectivity index (χ2n) is 6.02. The number of aromatic amines is 2. The van der Waals surface area contributed by atoms with Crippen LogP contribution in [0.15, 0.2) is 48.8 Å². The molecule has 6 heteroatoms. The standard InChI is InChI=1S/2C10H11N3/c2*1-7-8(2)13-10(12-7)9-5-3-4-6-11-9/h2*3-6H,1-2H3,(H,12,13). The first-order chi connectivity index (χ1) is 12.5. The normalized spacial score (nSPS) is 10.3. The molecule has 0 aliphatic carbocycles. The molecule has 0 saturated carbocycles. The number of H-pyrrole nitrogens is 2. The maximum absolute atomic E-state index is 4.36. The molecule has 26 heavy (non-hydrogen) atoms. The minimum absolute atomic E-state index is 0.843. The lowest BCUT2D eigenvalue weighted by Gasteiger charge is -1.92. The number of pyridine rings is 2. The molecule has 0 aliphatic heterocycles. The van der Waals surface area contributed by atoms with E-state index in [9.17, 15) is 0 Å². The second-order valence-corrected chi connectivity index (χ2v) is 6.02. The highest BCUT2D eigenvalue weighted by Gasteiger charge is 2.05. The zero-order chi connectivity index (χ0) is 18.5. The lowest BCUT2D eigenvalue weighted by atomic mass is 10.3. The van der Waals surface area contributed by atoms with E-state index in [-0.39, 0.29) is 0 Å². The van der Waals surface area contributed by atoms with Crippen molar-refractivity contribution in [2.75, 3.05) is 0 Å². The van der Waals surface area contributed by atoms with Gasteiger partial charge in [-0.3, -0.25) is 9.97 Å². The predicted molar refractivity (Wildman–Crippen MR) is 103 cm³/mol. The summed E-state index contributed by atoms with van der Waals surface area (Å²) < 4.78 is 0. The molecule has 4 aromatic heterocycles. The third-order valence-corrected chi connectivity index (χ3v) is 4.07. The summed E-state index contributed by atoms with van der Waals surface area (Å²) in [5, 5.41) is 0. The fraction of sp³-hybridized carbons (Fsp3) is 0.200. The van der Waals surface area contributed by atoms with Gasteiger partial charge in [0.05, 0.1) is 11.4 Å². The topological polar surface area (TPSA) is 83.1 Å². The molecule has 0 radical (unpaired) electrons. The van der Waals surface area contributed by atoms with Crippen molar-refractivity contribution in [1.82, 2.24) is 29.9 Å². The molecule has 0 spiro atoms. The zero-order valence-electron chi connectivity index (χ0n) is 15.4. The van der Waals surface area contributed by atoms with Crippen LogP contribution in [0.4, 0.5) is 0 Å². The van der Waals surface area contributed by atoms with E-state index >= 15 is 0 Å². The van der Waals surface area contributed by atoms with Gasteiger partial charge in [-0.15, -0.1) is 0 Å². The lowest BCUT2D eigenvalue weighted by Crippen LogP contribution is -1.83. The fourth-order valence-electron chi connectivity index (χ4n) is 2.34. The zero-order valence-corrected chi connectivity index (χ0v) is 15.4. The Hall–Kier alpha value is -3.28. The number of hydrogen-bond donors (Lipinski definition) is 2. The highest BCUT2D eigenvalue weighted by atomic mass is 15.0. The molecule has 132 valence electrons. The van der Waals surface area contributed by atoms with Crippen LogP contribution in [0.25, 0.3) is 23.0 Å². The van der Waals surface area contributed by atoms with Crippen molar-refractivity contribution in [3.05, 3.63) is 71.6 Å². The van der Waals surface area contributed by atoms with Crippen LogP contribution in [0.2, 0.25) is 0 Å². The average Bonchev–Trinajstić information content (AvgIpc) is 3.19. The van der Waals surface area contributed by atoms with E-state index in [2.05, 4.69) is 29.9 Å². The Morgan fingerprint density at radius 3 is 1.31 bits per heavy atom. The Morgan fingerprint density at radius 2 is 1.04 bits per heavy atom. The van der Waals surface area contributed by atoms with Crippen LogP contribution in [-0.4, -0.2) is 29.9 Å². The third kappa shape index (κ3) is 4.03. The molecule has 0 aromatic carbocycles. The average molecular weight is 346 g/mol. The predicted octanol–water partition coefficient (Wildman–Crippen LogP) is 4.18. The summed E-state index contributed by atoms with van der Waals surface area (Å²) in [5.74, 6) is 1.69. The van der Waals surface area contributed by atoms with Gasteiger partial charge in [-0.25, -0.2) is 9.97 Å². The van der Waals surface area contributed by atoms with Gasteiger partial charge < -0.3 is 9.97 Å². The molecular weight excluding hydrogens is 324 g/mol. The number of aryl methyl sites for hydroxylation is 4. The van der Waals surface area contributed by atoms with Gasteiger partial charge in [0.2, 0.25) is 0 Å². The van der Waals surface area contributed by atoms with Crippen LogP contribution < -0.4 is 0 Å². The SMILES string of the molecule is Cc1nc(-c2ccccn2)[nH]c1C.Cc1nc(-c2ccccn2)[nH]c1C. The molecule has 0 aliphatic rings.